The molecule has 0 aliphatic heterocycles. The number of benzene rings is 1. The number of anilines is 1. The molecular weight excluding hydrogens is 286 g/mol. The highest BCUT2D eigenvalue weighted by Crippen LogP contribution is 2.33. The number of carbonyl (C=O) groups is 2. The fraction of sp³-hybridized carbons (Fsp3) is 0.500. The number of hydrogen-bond donors (Lipinski definition) is 2. The van der Waals surface area contributed by atoms with Gasteiger partial charge in [0, 0.05) is 6.07 Å². The highest BCUT2D eigenvalue weighted by Gasteiger charge is 2.35. The molecule has 1 amide bonds. The molecule has 2 atom stereocenters. The first-order valence-corrected chi connectivity index (χ1v) is 7.32. The average molecular weight is 307 g/mol. The third-order valence-electron chi connectivity index (χ3n) is 4.09. The molecule has 1 aromatic rings. The van der Waals surface area contributed by atoms with Gasteiger partial charge in [-0.05, 0) is 25.0 Å². The lowest BCUT2D eigenvalue weighted by molar-refractivity contribution is -0.147. The predicted molar refractivity (Wildman–Crippen MR) is 81.3 cm³/mol. The van der Waals surface area contributed by atoms with Crippen molar-refractivity contribution in [2.45, 2.75) is 25.7 Å². The van der Waals surface area contributed by atoms with Crippen LogP contribution in [0.5, 0.6) is 11.5 Å². The van der Waals surface area contributed by atoms with Crippen LogP contribution >= 0.6 is 0 Å². The topological polar surface area (TPSA) is 84.9 Å². The fourth-order valence-corrected chi connectivity index (χ4v) is 2.87. The molecule has 0 saturated heterocycles. The van der Waals surface area contributed by atoms with E-state index in [1.807, 2.05) is 0 Å². The maximum absolute atomic E-state index is 12.4. The maximum Gasteiger partial charge on any atom is 0.307 e. The van der Waals surface area contributed by atoms with E-state index >= 15 is 0 Å². The molecule has 6 heteroatoms. The third kappa shape index (κ3) is 3.50. The molecular formula is C16H21NO5. The number of methoxy groups -OCH3 is 2. The normalized spacial score (nSPS) is 21.0. The van der Waals surface area contributed by atoms with Crippen LogP contribution in [0, 0.1) is 11.8 Å². The second-order valence-electron chi connectivity index (χ2n) is 5.39. The van der Waals surface area contributed by atoms with Gasteiger partial charge in [-0.2, -0.15) is 0 Å². The van der Waals surface area contributed by atoms with Crippen molar-refractivity contribution in [3.63, 3.8) is 0 Å². The van der Waals surface area contributed by atoms with Crippen molar-refractivity contribution >= 4 is 17.6 Å². The van der Waals surface area contributed by atoms with Gasteiger partial charge >= 0.3 is 5.97 Å². The third-order valence-corrected chi connectivity index (χ3v) is 4.09. The lowest BCUT2D eigenvalue weighted by Gasteiger charge is -2.27. The first-order chi connectivity index (χ1) is 10.6. The Bertz CT molecular complexity index is 557. The second kappa shape index (κ2) is 7.15. The van der Waals surface area contributed by atoms with Crippen molar-refractivity contribution in [3.8, 4) is 11.5 Å². The molecule has 0 bridgehead atoms. The van der Waals surface area contributed by atoms with Crippen LogP contribution < -0.4 is 14.8 Å². The zero-order chi connectivity index (χ0) is 16.1. The number of aliphatic carboxylic acids is 1. The van der Waals surface area contributed by atoms with E-state index in [2.05, 4.69) is 5.32 Å². The molecule has 0 spiro atoms. The van der Waals surface area contributed by atoms with Crippen LogP contribution in [0.15, 0.2) is 18.2 Å². The van der Waals surface area contributed by atoms with E-state index in [0.717, 1.165) is 12.8 Å². The maximum atomic E-state index is 12.4. The first kappa shape index (κ1) is 16.1. The lowest BCUT2D eigenvalue weighted by atomic mass is 9.78. The molecule has 0 radical (unpaired) electrons. The minimum absolute atomic E-state index is 0.268. The summed E-state index contributed by atoms with van der Waals surface area (Å²) in [7, 11) is 3.05. The monoisotopic (exact) mass is 307 g/mol. The van der Waals surface area contributed by atoms with E-state index in [1.54, 1.807) is 25.3 Å². The molecule has 0 unspecified atom stereocenters. The molecule has 0 heterocycles. The van der Waals surface area contributed by atoms with Crippen LogP contribution in [0.3, 0.4) is 0 Å². The zero-order valence-electron chi connectivity index (χ0n) is 12.8. The van der Waals surface area contributed by atoms with Gasteiger partial charge in [-0.1, -0.05) is 12.8 Å². The van der Waals surface area contributed by atoms with Crippen molar-refractivity contribution in [2.75, 3.05) is 19.5 Å². The number of carbonyl (C=O) groups excluding carboxylic acids is 1. The summed E-state index contributed by atoms with van der Waals surface area (Å²) in [4.78, 5) is 23.8. The van der Waals surface area contributed by atoms with Crippen LogP contribution in [0.2, 0.25) is 0 Å². The van der Waals surface area contributed by atoms with Gasteiger partial charge in [0.2, 0.25) is 5.91 Å². The quantitative estimate of drug-likeness (QED) is 0.873. The van der Waals surface area contributed by atoms with Gasteiger partial charge in [-0.25, -0.2) is 0 Å². The van der Waals surface area contributed by atoms with E-state index in [0.29, 0.717) is 30.0 Å². The van der Waals surface area contributed by atoms with Crippen molar-refractivity contribution in [3.05, 3.63) is 18.2 Å². The summed E-state index contributed by atoms with van der Waals surface area (Å²) >= 11 is 0. The molecule has 2 N–H and O–H groups in total. The highest BCUT2D eigenvalue weighted by molar-refractivity contribution is 5.96. The Balaban J connectivity index is 2.15. The first-order valence-electron chi connectivity index (χ1n) is 7.32. The highest BCUT2D eigenvalue weighted by atomic mass is 16.5. The Labute approximate surface area is 129 Å². The summed E-state index contributed by atoms with van der Waals surface area (Å²) < 4.78 is 10.4. The minimum Gasteiger partial charge on any atom is -0.497 e. The fourth-order valence-electron chi connectivity index (χ4n) is 2.87. The van der Waals surface area contributed by atoms with Gasteiger partial charge in [0.25, 0.3) is 0 Å². The molecule has 1 fully saturated rings. The number of carboxylic acid groups (broad SMARTS) is 1. The molecule has 6 nitrogen and oxygen atoms in total. The molecule has 1 saturated carbocycles. The number of rotatable bonds is 5. The molecule has 120 valence electrons. The zero-order valence-corrected chi connectivity index (χ0v) is 12.8. The summed E-state index contributed by atoms with van der Waals surface area (Å²) in [5.41, 5.74) is 0.517. The van der Waals surface area contributed by atoms with Crippen molar-refractivity contribution in [1.82, 2.24) is 0 Å². The Hall–Kier alpha value is -2.24. The molecule has 22 heavy (non-hydrogen) atoms. The molecule has 1 aliphatic rings. The average Bonchev–Trinajstić information content (AvgIpc) is 2.55. The van der Waals surface area contributed by atoms with Gasteiger partial charge in [-0.3, -0.25) is 9.59 Å². The Morgan fingerprint density at radius 2 is 1.82 bits per heavy atom. The van der Waals surface area contributed by atoms with Crippen molar-refractivity contribution in [2.24, 2.45) is 11.8 Å². The SMILES string of the molecule is COc1ccc(NC(=O)[C@@H]2CCCC[C@@H]2C(=O)O)c(OC)c1. The number of amides is 1. The van der Waals surface area contributed by atoms with Crippen molar-refractivity contribution < 1.29 is 24.2 Å². The number of hydrogen-bond acceptors (Lipinski definition) is 4. The summed E-state index contributed by atoms with van der Waals surface area (Å²) in [6, 6.07) is 5.08. The van der Waals surface area contributed by atoms with Crippen LogP contribution in [0.4, 0.5) is 5.69 Å². The Kier molecular flexibility index (Phi) is 5.25. The summed E-state index contributed by atoms with van der Waals surface area (Å²) in [6.45, 7) is 0. The summed E-state index contributed by atoms with van der Waals surface area (Å²) in [6.07, 6.45) is 2.88. The van der Waals surface area contributed by atoms with Crippen LogP contribution in [-0.2, 0) is 9.59 Å². The molecule has 0 aromatic heterocycles. The Morgan fingerprint density at radius 3 is 2.41 bits per heavy atom. The van der Waals surface area contributed by atoms with E-state index in [1.165, 1.54) is 7.11 Å². The molecule has 1 aliphatic carbocycles. The summed E-state index contributed by atoms with van der Waals surface area (Å²) in [5.74, 6) is -1.18. The van der Waals surface area contributed by atoms with Crippen LogP contribution in [0.25, 0.3) is 0 Å². The summed E-state index contributed by atoms with van der Waals surface area (Å²) in [5, 5.41) is 12.1. The molecule has 2 rings (SSSR count). The number of ether oxygens (including phenoxy) is 2. The largest absolute Gasteiger partial charge is 0.497 e. The van der Waals surface area contributed by atoms with Crippen LogP contribution in [-0.4, -0.2) is 31.2 Å². The van der Waals surface area contributed by atoms with Gasteiger partial charge in [0.15, 0.2) is 0 Å². The second-order valence-corrected chi connectivity index (χ2v) is 5.39. The number of carboxylic acids is 1. The van der Waals surface area contributed by atoms with Gasteiger partial charge in [-0.15, -0.1) is 0 Å². The van der Waals surface area contributed by atoms with E-state index in [-0.39, 0.29) is 5.91 Å². The van der Waals surface area contributed by atoms with E-state index in [4.69, 9.17) is 9.47 Å². The van der Waals surface area contributed by atoms with Gasteiger partial charge in [0.1, 0.15) is 11.5 Å². The van der Waals surface area contributed by atoms with Gasteiger partial charge < -0.3 is 19.9 Å². The minimum atomic E-state index is -0.901. The van der Waals surface area contributed by atoms with Gasteiger partial charge in [0.05, 0.1) is 31.7 Å². The number of nitrogens with one attached hydrogen (secondary N) is 1. The van der Waals surface area contributed by atoms with E-state index in [9.17, 15) is 14.7 Å². The van der Waals surface area contributed by atoms with Crippen LogP contribution in [0.1, 0.15) is 25.7 Å². The smallest absolute Gasteiger partial charge is 0.307 e. The molecule has 1 aromatic carbocycles. The van der Waals surface area contributed by atoms with Crippen molar-refractivity contribution in [1.29, 1.82) is 0 Å². The standard InChI is InChI=1S/C16H21NO5/c1-21-10-7-8-13(14(9-10)22-2)17-15(18)11-5-3-4-6-12(11)16(19)20/h7-9,11-12H,3-6H2,1-2H3,(H,17,18)(H,19,20)/t11-,12+/m1/s1. The van der Waals surface area contributed by atoms with E-state index < -0.39 is 17.8 Å². The predicted octanol–water partition coefficient (Wildman–Crippen LogP) is 2.53. The Morgan fingerprint density at radius 1 is 1.14 bits per heavy atom. The lowest BCUT2D eigenvalue weighted by Crippen LogP contribution is -2.36.